The number of nitrogens with one attached hydrogen (secondary N) is 2. The van der Waals surface area contributed by atoms with E-state index < -0.39 is 0 Å². The van der Waals surface area contributed by atoms with E-state index in [1.54, 1.807) is 12.4 Å². The molecule has 2 N–H and O–H groups in total. The molecule has 0 spiro atoms. The van der Waals surface area contributed by atoms with Crippen molar-refractivity contribution in [1.82, 2.24) is 20.0 Å². The lowest BCUT2D eigenvalue weighted by Crippen LogP contribution is -2.10. The quantitative estimate of drug-likeness (QED) is 0.751. The molecule has 0 aliphatic carbocycles. The number of nitrogens with zero attached hydrogens (tertiary/aromatic N) is 3. The van der Waals surface area contributed by atoms with Gasteiger partial charge in [0.25, 0.3) is 0 Å². The Morgan fingerprint density at radius 2 is 2.05 bits per heavy atom. The van der Waals surface area contributed by atoms with Crippen LogP contribution in [0, 0.1) is 0 Å². The molecule has 0 bridgehead atoms. The topological polar surface area (TPSA) is 58.5 Å². The van der Waals surface area contributed by atoms with Crippen LogP contribution in [0.3, 0.4) is 0 Å². The third-order valence-electron chi connectivity index (χ3n) is 3.02. The van der Waals surface area contributed by atoms with Gasteiger partial charge in [0, 0.05) is 18.6 Å². The van der Waals surface area contributed by atoms with Crippen molar-refractivity contribution in [3.05, 3.63) is 60.7 Å². The lowest BCUT2D eigenvalue weighted by molar-refractivity contribution is 0.816. The summed E-state index contributed by atoms with van der Waals surface area (Å²) in [5, 5.41) is 14.7. The van der Waals surface area contributed by atoms with Crippen LogP contribution < -0.4 is 5.32 Å². The molecule has 0 saturated heterocycles. The molecule has 1 unspecified atom stereocenters. The Bertz CT molecular complexity index is 628. The van der Waals surface area contributed by atoms with E-state index in [2.05, 4.69) is 27.5 Å². The fraction of sp³-hybridized carbons (Fsp3) is 0.143. The summed E-state index contributed by atoms with van der Waals surface area (Å²) >= 11 is 0. The number of H-pyrrole nitrogens is 1. The molecule has 2 aromatic heterocycles. The van der Waals surface area contributed by atoms with E-state index >= 15 is 0 Å². The van der Waals surface area contributed by atoms with Crippen molar-refractivity contribution in [2.75, 3.05) is 5.32 Å². The Balaban J connectivity index is 1.89. The van der Waals surface area contributed by atoms with Crippen LogP contribution in [0.4, 0.5) is 5.69 Å². The number of aromatic nitrogens is 4. The summed E-state index contributed by atoms with van der Waals surface area (Å²) in [4.78, 5) is 0. The zero-order chi connectivity index (χ0) is 13.1. The van der Waals surface area contributed by atoms with Gasteiger partial charge >= 0.3 is 0 Å². The van der Waals surface area contributed by atoms with Crippen LogP contribution in [0.1, 0.15) is 18.7 Å². The maximum absolute atomic E-state index is 4.27. The average Bonchev–Trinajstić information content (AvgIpc) is 3.13. The summed E-state index contributed by atoms with van der Waals surface area (Å²) in [6.45, 7) is 2.09. The number of benzene rings is 1. The van der Waals surface area contributed by atoms with E-state index in [1.807, 2.05) is 47.3 Å². The van der Waals surface area contributed by atoms with Crippen LogP contribution in [0.15, 0.2) is 55.0 Å². The van der Waals surface area contributed by atoms with Crippen molar-refractivity contribution >= 4 is 5.69 Å². The second-order valence-corrected chi connectivity index (χ2v) is 4.35. The highest BCUT2D eigenvalue weighted by Crippen LogP contribution is 2.23. The second-order valence-electron chi connectivity index (χ2n) is 4.35. The number of aromatic amines is 1. The summed E-state index contributed by atoms with van der Waals surface area (Å²) in [5.41, 5.74) is 3.11. The highest BCUT2D eigenvalue weighted by atomic mass is 15.3. The zero-order valence-electron chi connectivity index (χ0n) is 10.6. The Labute approximate surface area is 111 Å². The molecular formula is C14H15N5. The molecule has 5 heteroatoms. The van der Waals surface area contributed by atoms with Gasteiger partial charge in [-0.25, -0.2) is 4.68 Å². The molecule has 0 aliphatic heterocycles. The fourth-order valence-electron chi connectivity index (χ4n) is 2.03. The standard InChI is InChI=1S/C14H15N5/c1-11(12-7-9-15-18-12)17-13-5-2-3-6-14(13)19-10-4-8-16-19/h2-11,17H,1H3,(H,15,18). The smallest absolute Gasteiger partial charge is 0.0877 e. The molecular weight excluding hydrogens is 238 g/mol. The van der Waals surface area contributed by atoms with Gasteiger partial charge in [-0.15, -0.1) is 0 Å². The van der Waals surface area contributed by atoms with Gasteiger partial charge in [-0.2, -0.15) is 10.2 Å². The first kappa shape index (κ1) is 11.5. The van der Waals surface area contributed by atoms with E-state index in [0.29, 0.717) is 0 Å². The minimum atomic E-state index is 0.152. The van der Waals surface area contributed by atoms with Gasteiger partial charge in [-0.05, 0) is 31.2 Å². The molecule has 2 heterocycles. The summed E-state index contributed by atoms with van der Waals surface area (Å²) in [5.74, 6) is 0. The van der Waals surface area contributed by atoms with Gasteiger partial charge in [0.1, 0.15) is 0 Å². The van der Waals surface area contributed by atoms with E-state index in [9.17, 15) is 0 Å². The van der Waals surface area contributed by atoms with Gasteiger partial charge in [-0.1, -0.05) is 12.1 Å². The fourth-order valence-corrected chi connectivity index (χ4v) is 2.03. The maximum Gasteiger partial charge on any atom is 0.0877 e. The first-order chi connectivity index (χ1) is 9.34. The minimum Gasteiger partial charge on any atom is -0.375 e. The van der Waals surface area contributed by atoms with Crippen molar-refractivity contribution in [2.45, 2.75) is 13.0 Å². The molecule has 0 amide bonds. The molecule has 1 atom stereocenters. The van der Waals surface area contributed by atoms with Crippen molar-refractivity contribution in [2.24, 2.45) is 0 Å². The van der Waals surface area contributed by atoms with Crippen molar-refractivity contribution in [3.63, 3.8) is 0 Å². The summed E-state index contributed by atoms with van der Waals surface area (Å²) < 4.78 is 1.85. The molecule has 3 rings (SSSR count). The summed E-state index contributed by atoms with van der Waals surface area (Å²) in [7, 11) is 0. The molecule has 0 aliphatic rings. The van der Waals surface area contributed by atoms with Gasteiger partial charge in [0.15, 0.2) is 0 Å². The van der Waals surface area contributed by atoms with Gasteiger partial charge in [0.2, 0.25) is 0 Å². The van der Waals surface area contributed by atoms with Crippen LogP contribution in [-0.2, 0) is 0 Å². The van der Waals surface area contributed by atoms with Crippen LogP contribution >= 0.6 is 0 Å². The summed E-state index contributed by atoms with van der Waals surface area (Å²) in [6, 6.07) is 12.1. The third kappa shape index (κ3) is 2.35. The van der Waals surface area contributed by atoms with Crippen molar-refractivity contribution < 1.29 is 0 Å². The van der Waals surface area contributed by atoms with E-state index in [1.165, 1.54) is 0 Å². The normalized spacial score (nSPS) is 12.3. The van der Waals surface area contributed by atoms with Crippen LogP contribution in [0.2, 0.25) is 0 Å². The van der Waals surface area contributed by atoms with E-state index in [-0.39, 0.29) is 6.04 Å². The first-order valence-electron chi connectivity index (χ1n) is 6.19. The number of para-hydroxylation sites is 2. The Morgan fingerprint density at radius 3 is 2.79 bits per heavy atom. The van der Waals surface area contributed by atoms with Crippen molar-refractivity contribution in [1.29, 1.82) is 0 Å². The lowest BCUT2D eigenvalue weighted by Gasteiger charge is -2.16. The highest BCUT2D eigenvalue weighted by Gasteiger charge is 2.10. The monoisotopic (exact) mass is 253 g/mol. The summed E-state index contributed by atoms with van der Waals surface area (Å²) in [6.07, 6.45) is 5.46. The molecule has 0 fully saturated rings. The molecule has 19 heavy (non-hydrogen) atoms. The Hall–Kier alpha value is -2.56. The molecule has 5 nitrogen and oxygen atoms in total. The van der Waals surface area contributed by atoms with E-state index in [4.69, 9.17) is 0 Å². The van der Waals surface area contributed by atoms with Crippen LogP contribution in [0.25, 0.3) is 5.69 Å². The zero-order valence-corrected chi connectivity index (χ0v) is 10.6. The number of anilines is 1. The van der Waals surface area contributed by atoms with Crippen molar-refractivity contribution in [3.8, 4) is 5.69 Å². The van der Waals surface area contributed by atoms with Crippen LogP contribution in [-0.4, -0.2) is 20.0 Å². The number of hydrogen-bond donors (Lipinski definition) is 2. The lowest BCUT2D eigenvalue weighted by atomic mass is 10.2. The Morgan fingerprint density at radius 1 is 1.16 bits per heavy atom. The maximum atomic E-state index is 4.27. The minimum absolute atomic E-state index is 0.152. The van der Waals surface area contributed by atoms with E-state index in [0.717, 1.165) is 17.1 Å². The first-order valence-corrected chi connectivity index (χ1v) is 6.19. The molecule has 3 aromatic rings. The molecule has 1 aromatic carbocycles. The second kappa shape index (κ2) is 4.97. The molecule has 96 valence electrons. The third-order valence-corrected chi connectivity index (χ3v) is 3.02. The number of rotatable bonds is 4. The van der Waals surface area contributed by atoms with Gasteiger partial charge in [0.05, 0.1) is 23.1 Å². The van der Waals surface area contributed by atoms with Gasteiger partial charge in [-0.3, -0.25) is 5.10 Å². The average molecular weight is 253 g/mol. The predicted octanol–water partition coefficient (Wildman–Crippen LogP) is 2.77. The largest absolute Gasteiger partial charge is 0.375 e. The highest BCUT2D eigenvalue weighted by molar-refractivity contribution is 5.61. The SMILES string of the molecule is CC(Nc1ccccc1-n1cccn1)c1ccn[nH]1. The molecule has 0 saturated carbocycles. The van der Waals surface area contributed by atoms with Gasteiger partial charge < -0.3 is 5.32 Å². The van der Waals surface area contributed by atoms with Crippen LogP contribution in [0.5, 0.6) is 0 Å². The predicted molar refractivity (Wildman–Crippen MR) is 74.2 cm³/mol. The molecule has 0 radical (unpaired) electrons. The number of hydrogen-bond acceptors (Lipinski definition) is 3. The Kier molecular flexibility index (Phi) is 3.02.